The van der Waals surface area contributed by atoms with Crippen molar-refractivity contribution in [1.82, 2.24) is 28.1 Å². The van der Waals surface area contributed by atoms with Crippen LogP contribution < -0.4 is 43.5 Å². The fourth-order valence-corrected chi connectivity index (χ4v) is 6.09. The van der Waals surface area contributed by atoms with E-state index < -0.39 is 93.0 Å². The smallest absolute Gasteiger partial charge is 0.294 e. The zero-order chi connectivity index (χ0) is 44.9. The highest BCUT2D eigenvalue weighted by Gasteiger charge is 2.35. The lowest BCUT2D eigenvalue weighted by Gasteiger charge is -2.38. The highest BCUT2D eigenvalue weighted by Crippen LogP contribution is 2.23. The van der Waals surface area contributed by atoms with E-state index >= 15 is 0 Å². The van der Waals surface area contributed by atoms with Gasteiger partial charge in [-0.2, -0.15) is 0 Å². The van der Waals surface area contributed by atoms with Gasteiger partial charge in [0.1, 0.15) is 0 Å². The second kappa shape index (κ2) is 18.6. The summed E-state index contributed by atoms with van der Waals surface area (Å²) in [6.45, 7) is 5.05. The average Bonchev–Trinajstić information content (AvgIpc) is 3.22. The summed E-state index contributed by atoms with van der Waals surface area (Å²) >= 11 is 0. The molecule has 4 unspecified atom stereocenters. The number of carbonyl (C=O) groups excluding carboxylic acids is 4. The zero-order valence-electron chi connectivity index (χ0n) is 34.1. The predicted molar refractivity (Wildman–Crippen MR) is 219 cm³/mol. The molecule has 0 aromatic carbocycles. The van der Waals surface area contributed by atoms with E-state index in [0.29, 0.717) is 0 Å². The zero-order valence-corrected chi connectivity index (χ0v) is 34.1. The molecule has 4 atom stereocenters. The lowest BCUT2D eigenvalue weighted by molar-refractivity contribution is -0.130. The van der Waals surface area contributed by atoms with Gasteiger partial charge in [0.2, 0.25) is 46.6 Å². The van der Waals surface area contributed by atoms with Crippen LogP contribution in [-0.2, 0) is 47.4 Å². The van der Waals surface area contributed by atoms with Gasteiger partial charge in [-0.3, -0.25) is 48.2 Å². The molecule has 0 aliphatic carbocycles. The van der Waals surface area contributed by atoms with Gasteiger partial charge in [-0.15, -0.1) is 0 Å². The molecule has 322 valence electrons. The van der Waals surface area contributed by atoms with Crippen molar-refractivity contribution in [2.24, 2.45) is 28.2 Å². The molecule has 60 heavy (non-hydrogen) atoms. The van der Waals surface area contributed by atoms with Crippen molar-refractivity contribution in [1.29, 1.82) is 0 Å². The summed E-state index contributed by atoms with van der Waals surface area (Å²) in [4.78, 5) is 107. The second-order valence-electron chi connectivity index (χ2n) is 14.1. The molecule has 22 nitrogen and oxygen atoms in total. The first-order valence-electron chi connectivity index (χ1n) is 18.4. The molecule has 0 aliphatic heterocycles. The van der Waals surface area contributed by atoms with Gasteiger partial charge in [-0.1, -0.05) is 0 Å². The average molecular weight is 837 g/mol. The number of anilines is 4. The summed E-state index contributed by atoms with van der Waals surface area (Å²) in [6, 6.07) is 0.0566. The van der Waals surface area contributed by atoms with Gasteiger partial charge in [0, 0.05) is 66.1 Å². The van der Waals surface area contributed by atoms with Gasteiger partial charge in [-0.05, 0) is 52.0 Å². The predicted octanol–water partition coefficient (Wildman–Crippen LogP) is -0.684. The number of aromatic nitrogens is 4. The van der Waals surface area contributed by atoms with E-state index in [1.165, 1.54) is 115 Å². The Morgan fingerprint density at radius 2 is 0.633 bits per heavy atom. The molecule has 22 heteroatoms. The molecule has 0 saturated heterocycles. The minimum Gasteiger partial charge on any atom is -0.502 e. The van der Waals surface area contributed by atoms with E-state index in [4.69, 9.17) is 0 Å². The molecule has 0 aliphatic rings. The van der Waals surface area contributed by atoms with Crippen LogP contribution in [0.25, 0.3) is 0 Å². The van der Waals surface area contributed by atoms with Crippen LogP contribution in [0.4, 0.5) is 22.7 Å². The van der Waals surface area contributed by atoms with E-state index in [-0.39, 0.29) is 35.8 Å². The number of rotatable bonds is 15. The summed E-state index contributed by atoms with van der Waals surface area (Å²) in [7, 11) is 5.56. The summed E-state index contributed by atoms with van der Waals surface area (Å²) in [5.41, 5.74) is -4.13. The summed E-state index contributed by atoms with van der Waals surface area (Å²) in [5, 5.41) is 51.7. The second-order valence-corrected chi connectivity index (χ2v) is 14.1. The van der Waals surface area contributed by atoms with Crippen LogP contribution in [0.5, 0.6) is 23.0 Å². The Bertz CT molecular complexity index is 2220. The van der Waals surface area contributed by atoms with E-state index in [9.17, 15) is 58.8 Å². The third-order valence-corrected chi connectivity index (χ3v) is 10.1. The molecule has 0 bridgehead atoms. The first-order chi connectivity index (χ1) is 28.1. The summed E-state index contributed by atoms with van der Waals surface area (Å²) in [5.74, 6) is -6.24. The maximum atomic E-state index is 13.8. The van der Waals surface area contributed by atoms with Gasteiger partial charge < -0.3 is 60.0 Å². The number of hydrogen-bond donors (Lipinski definition) is 8. The number of amides is 4. The van der Waals surface area contributed by atoms with Gasteiger partial charge in [0.15, 0.2) is 0 Å². The third kappa shape index (κ3) is 9.73. The van der Waals surface area contributed by atoms with E-state index in [2.05, 4.69) is 21.3 Å². The van der Waals surface area contributed by atoms with Gasteiger partial charge in [0.25, 0.3) is 22.2 Å². The Balaban J connectivity index is 1.73. The fourth-order valence-electron chi connectivity index (χ4n) is 6.09. The van der Waals surface area contributed by atoms with Crippen LogP contribution in [0.1, 0.15) is 27.7 Å². The number of aromatic hydroxyl groups is 4. The highest BCUT2D eigenvalue weighted by molar-refractivity contribution is 5.99. The number of aryl methyl sites for hydroxylation is 4. The Kier molecular flexibility index (Phi) is 14.1. The van der Waals surface area contributed by atoms with Crippen molar-refractivity contribution in [3.63, 3.8) is 0 Å². The summed E-state index contributed by atoms with van der Waals surface area (Å²) < 4.78 is 4.33. The molecule has 4 amide bonds. The monoisotopic (exact) mass is 836 g/mol. The first kappa shape index (κ1) is 45.5. The third-order valence-electron chi connectivity index (χ3n) is 10.1. The summed E-state index contributed by atoms with van der Waals surface area (Å²) in [6.07, 6.45) is 5.24. The Morgan fingerprint density at radius 1 is 0.450 bits per heavy atom. The molecule has 0 saturated carbocycles. The van der Waals surface area contributed by atoms with Crippen molar-refractivity contribution in [2.75, 3.05) is 34.4 Å². The van der Waals surface area contributed by atoms with Crippen LogP contribution in [0.3, 0.4) is 0 Å². The maximum absolute atomic E-state index is 13.8. The Hall–Kier alpha value is -7.20. The van der Waals surface area contributed by atoms with Crippen LogP contribution in [0.2, 0.25) is 0 Å². The first-order valence-corrected chi connectivity index (χ1v) is 18.4. The van der Waals surface area contributed by atoms with Crippen molar-refractivity contribution in [2.45, 2.75) is 51.9 Å². The topological polar surface area (TPSA) is 292 Å². The van der Waals surface area contributed by atoms with Crippen molar-refractivity contribution in [3.05, 3.63) is 90.5 Å². The normalized spacial score (nSPS) is 13.3. The van der Waals surface area contributed by atoms with E-state index in [1.807, 2.05) is 0 Å². The van der Waals surface area contributed by atoms with Crippen LogP contribution >= 0.6 is 0 Å². The minimum atomic E-state index is -1.27. The number of carbonyl (C=O) groups is 4. The fraction of sp³-hybridized carbons (Fsp3) is 0.368. The molecule has 4 aromatic heterocycles. The minimum absolute atomic E-state index is 0.229. The largest absolute Gasteiger partial charge is 0.502 e. The molecule has 4 rings (SSSR count). The molecule has 4 aromatic rings. The molecule has 8 N–H and O–H groups in total. The molecular formula is C38H48N10O12. The van der Waals surface area contributed by atoms with Gasteiger partial charge in [-0.25, -0.2) is 0 Å². The van der Waals surface area contributed by atoms with Crippen molar-refractivity contribution in [3.8, 4) is 23.0 Å². The Labute approximate surface area is 341 Å². The molecular weight excluding hydrogens is 788 g/mol. The molecule has 0 spiro atoms. The number of nitrogens with one attached hydrogen (secondary N) is 4. The number of hydrogen-bond acceptors (Lipinski definition) is 14. The van der Waals surface area contributed by atoms with Crippen LogP contribution in [0, 0.1) is 0 Å². The molecule has 0 fully saturated rings. The number of pyridine rings is 4. The Morgan fingerprint density at radius 3 is 0.817 bits per heavy atom. The van der Waals surface area contributed by atoms with Crippen LogP contribution in [0.15, 0.2) is 68.2 Å². The van der Waals surface area contributed by atoms with E-state index in [0.717, 1.165) is 18.3 Å². The SMILES string of the molecule is CC(C(=O)Nc1ccn(C)c(=O)c1O)N(CCN(C(C)C(=O)Nc1ccn(C)c(=O)c1O)C(C)C(=O)Nc1ccn(C)c(=O)c1O)C(C)C(=O)Nc1ccn(C)c(=O)c1O. The molecule has 0 radical (unpaired) electrons. The maximum Gasteiger partial charge on any atom is 0.294 e. The standard InChI is InChI=1S/C38H48N10O12/c1-19(31(53)39-23-9-13-43(5)35(57)27(23)49)47(20(2)32(54)40-24-10-14-44(6)36(58)28(24)50)17-18-48(21(3)33(55)41-25-11-15-45(7)37(59)29(25)51)22(4)34(56)42-26-12-16-46(8)38(60)30(26)52/h9-16,19-22,49-52H,17-18H2,1-8H3,(H,39,53)(H,40,54)(H,41,55)(H,42,56). The van der Waals surface area contributed by atoms with Gasteiger partial charge >= 0.3 is 0 Å². The van der Waals surface area contributed by atoms with Crippen LogP contribution in [-0.4, -0.2) is 109 Å². The van der Waals surface area contributed by atoms with E-state index in [1.54, 1.807) is 0 Å². The lowest BCUT2D eigenvalue weighted by Crippen LogP contribution is -2.57. The number of nitrogens with zero attached hydrogens (tertiary/aromatic N) is 6. The van der Waals surface area contributed by atoms with Crippen molar-refractivity contribution < 1.29 is 39.6 Å². The highest BCUT2D eigenvalue weighted by atomic mass is 16.3. The quantitative estimate of drug-likeness (QED) is 0.0737. The molecule has 4 heterocycles. The van der Waals surface area contributed by atoms with Crippen molar-refractivity contribution >= 4 is 46.4 Å². The van der Waals surface area contributed by atoms with Gasteiger partial charge in [0.05, 0.1) is 46.9 Å². The lowest BCUT2D eigenvalue weighted by atomic mass is 10.1.